The molecule has 4 rings (SSSR count). The number of nitrogens with zero attached hydrogens (tertiary/aromatic N) is 1. The van der Waals surface area contributed by atoms with Gasteiger partial charge in [0.15, 0.2) is 5.79 Å². The maximum absolute atomic E-state index is 6.32. The molecule has 124 valence electrons. The third-order valence-electron chi connectivity index (χ3n) is 5.43. The fourth-order valence-electron chi connectivity index (χ4n) is 4.14. The Morgan fingerprint density at radius 3 is 2.65 bits per heavy atom. The van der Waals surface area contributed by atoms with Gasteiger partial charge in [-0.2, -0.15) is 0 Å². The van der Waals surface area contributed by atoms with E-state index in [9.17, 15) is 0 Å². The summed E-state index contributed by atoms with van der Waals surface area (Å²) in [4.78, 5) is 2.50. The Hall–Kier alpha value is -1.16. The van der Waals surface area contributed by atoms with E-state index in [0.29, 0.717) is 0 Å². The van der Waals surface area contributed by atoms with Crippen LogP contribution in [0.4, 0.5) is 0 Å². The number of ether oxygens (including phenoxy) is 2. The van der Waals surface area contributed by atoms with Crippen molar-refractivity contribution in [3.05, 3.63) is 42.0 Å². The molecule has 0 aromatic heterocycles. The van der Waals surface area contributed by atoms with Crippen LogP contribution in [0.25, 0.3) is 5.57 Å². The molecule has 1 saturated heterocycles. The summed E-state index contributed by atoms with van der Waals surface area (Å²) in [5, 5.41) is 0. The lowest BCUT2D eigenvalue weighted by Gasteiger charge is -2.33. The van der Waals surface area contributed by atoms with Crippen LogP contribution in [-0.2, 0) is 9.47 Å². The zero-order valence-electron chi connectivity index (χ0n) is 13.9. The summed E-state index contributed by atoms with van der Waals surface area (Å²) >= 11 is 0. The van der Waals surface area contributed by atoms with Gasteiger partial charge in [-0.1, -0.05) is 42.8 Å². The molecule has 3 heteroatoms. The summed E-state index contributed by atoms with van der Waals surface area (Å²) in [5.74, 6) is -0.232. The molecule has 1 aliphatic carbocycles. The maximum atomic E-state index is 6.32. The Labute approximate surface area is 139 Å². The van der Waals surface area contributed by atoms with E-state index in [1.54, 1.807) is 0 Å². The second-order valence-corrected chi connectivity index (χ2v) is 7.13. The molecule has 1 unspecified atom stereocenters. The number of rotatable bonds is 3. The first-order valence-electron chi connectivity index (χ1n) is 9.12. The van der Waals surface area contributed by atoms with Crippen molar-refractivity contribution in [3.63, 3.8) is 0 Å². The van der Waals surface area contributed by atoms with E-state index in [1.807, 2.05) is 0 Å². The molecule has 1 aromatic rings. The van der Waals surface area contributed by atoms with Crippen LogP contribution < -0.4 is 0 Å². The highest BCUT2D eigenvalue weighted by Gasteiger charge is 2.42. The Morgan fingerprint density at radius 2 is 1.91 bits per heavy atom. The number of benzene rings is 1. The number of hydrogen-bond acceptors (Lipinski definition) is 3. The first-order chi connectivity index (χ1) is 11.3. The molecule has 0 bridgehead atoms. The third kappa shape index (κ3) is 3.52. The van der Waals surface area contributed by atoms with Gasteiger partial charge in [-0.25, -0.2) is 0 Å². The molecule has 23 heavy (non-hydrogen) atoms. The summed E-state index contributed by atoms with van der Waals surface area (Å²) < 4.78 is 12.4. The van der Waals surface area contributed by atoms with Crippen molar-refractivity contribution >= 4 is 5.57 Å². The van der Waals surface area contributed by atoms with Crippen molar-refractivity contribution in [1.29, 1.82) is 0 Å². The van der Waals surface area contributed by atoms with Gasteiger partial charge in [-0.05, 0) is 30.4 Å². The van der Waals surface area contributed by atoms with Crippen molar-refractivity contribution in [1.82, 2.24) is 4.90 Å². The lowest BCUT2D eigenvalue weighted by atomic mass is 9.94. The van der Waals surface area contributed by atoms with Crippen LogP contribution in [-0.4, -0.2) is 43.0 Å². The maximum Gasteiger partial charge on any atom is 0.168 e. The highest BCUT2D eigenvalue weighted by Crippen LogP contribution is 2.38. The molecule has 0 N–H and O–H groups in total. The minimum Gasteiger partial charge on any atom is -0.347 e. The zero-order valence-corrected chi connectivity index (χ0v) is 13.9. The predicted molar refractivity (Wildman–Crippen MR) is 92.1 cm³/mol. The van der Waals surface area contributed by atoms with Crippen LogP contribution in [0, 0.1) is 0 Å². The van der Waals surface area contributed by atoms with E-state index >= 15 is 0 Å². The fraction of sp³-hybridized carbons (Fsp3) is 0.600. The van der Waals surface area contributed by atoms with Crippen molar-refractivity contribution in [2.75, 3.05) is 26.2 Å². The van der Waals surface area contributed by atoms with E-state index < -0.39 is 0 Å². The summed E-state index contributed by atoms with van der Waals surface area (Å²) in [6.07, 6.45) is 9.76. The first kappa shape index (κ1) is 15.4. The highest BCUT2D eigenvalue weighted by atomic mass is 16.7. The minimum atomic E-state index is -0.232. The Morgan fingerprint density at radius 1 is 1.09 bits per heavy atom. The van der Waals surface area contributed by atoms with Gasteiger partial charge in [0.2, 0.25) is 0 Å². The smallest absolute Gasteiger partial charge is 0.168 e. The average molecular weight is 313 g/mol. The van der Waals surface area contributed by atoms with E-state index in [2.05, 4.69) is 41.3 Å². The molecule has 0 amide bonds. The first-order valence-corrected chi connectivity index (χ1v) is 9.12. The molecule has 2 aliphatic heterocycles. The molecule has 2 fully saturated rings. The van der Waals surface area contributed by atoms with Gasteiger partial charge in [0, 0.05) is 32.5 Å². The quantitative estimate of drug-likeness (QED) is 0.846. The van der Waals surface area contributed by atoms with Crippen molar-refractivity contribution < 1.29 is 9.47 Å². The molecule has 1 saturated carbocycles. The van der Waals surface area contributed by atoms with Gasteiger partial charge >= 0.3 is 0 Å². The van der Waals surface area contributed by atoms with Gasteiger partial charge < -0.3 is 9.47 Å². The van der Waals surface area contributed by atoms with Crippen LogP contribution in [0.15, 0.2) is 36.4 Å². The summed E-state index contributed by atoms with van der Waals surface area (Å²) in [5.41, 5.74) is 2.85. The molecule has 0 radical (unpaired) electrons. The van der Waals surface area contributed by atoms with Crippen LogP contribution in [0.1, 0.15) is 44.1 Å². The van der Waals surface area contributed by atoms with Crippen molar-refractivity contribution in [3.8, 4) is 0 Å². The largest absolute Gasteiger partial charge is 0.347 e. The van der Waals surface area contributed by atoms with E-state index in [0.717, 1.165) is 45.5 Å². The molecule has 1 atom stereocenters. The fourth-order valence-corrected chi connectivity index (χ4v) is 4.14. The molecule has 1 spiro atoms. The van der Waals surface area contributed by atoms with Crippen molar-refractivity contribution in [2.45, 2.75) is 50.4 Å². The third-order valence-corrected chi connectivity index (χ3v) is 5.43. The Bertz CT molecular complexity index is 548. The molecule has 3 aliphatic rings. The van der Waals surface area contributed by atoms with Crippen LogP contribution >= 0.6 is 0 Å². The van der Waals surface area contributed by atoms with Gasteiger partial charge in [0.25, 0.3) is 0 Å². The molecule has 2 heterocycles. The minimum absolute atomic E-state index is 0.232. The second kappa shape index (κ2) is 6.76. The van der Waals surface area contributed by atoms with E-state index in [1.165, 1.54) is 30.4 Å². The van der Waals surface area contributed by atoms with Gasteiger partial charge in [0.05, 0.1) is 12.7 Å². The normalized spacial score (nSPS) is 28.0. The zero-order chi connectivity index (χ0) is 15.5. The summed E-state index contributed by atoms with van der Waals surface area (Å²) in [7, 11) is 0. The Kier molecular flexibility index (Phi) is 4.52. The number of hydrogen-bond donors (Lipinski definition) is 0. The molecular formula is C20H27NO2. The standard InChI is InChI=1S/C20H27NO2/c1-3-7-17(8-4-1)18-9-13-21(14-10-18)15-19-16-22-20(23-19)11-5-2-6-12-20/h1,3-4,7-9,19H,2,5-6,10-16H2. The van der Waals surface area contributed by atoms with Crippen LogP contribution in [0.3, 0.4) is 0 Å². The lowest BCUT2D eigenvalue weighted by molar-refractivity contribution is -0.188. The topological polar surface area (TPSA) is 21.7 Å². The van der Waals surface area contributed by atoms with Gasteiger partial charge in [-0.15, -0.1) is 0 Å². The summed E-state index contributed by atoms with van der Waals surface area (Å²) in [6, 6.07) is 10.7. The van der Waals surface area contributed by atoms with E-state index in [-0.39, 0.29) is 11.9 Å². The SMILES string of the molecule is C1=C(c2ccccc2)CCN(CC2COC3(CCCCC3)O2)C1. The second-order valence-electron chi connectivity index (χ2n) is 7.13. The lowest BCUT2D eigenvalue weighted by Crippen LogP contribution is -2.38. The average Bonchev–Trinajstić information content (AvgIpc) is 2.99. The molecule has 3 nitrogen and oxygen atoms in total. The summed E-state index contributed by atoms with van der Waals surface area (Å²) in [6.45, 7) is 3.91. The van der Waals surface area contributed by atoms with Crippen LogP contribution in [0.5, 0.6) is 0 Å². The van der Waals surface area contributed by atoms with Crippen molar-refractivity contribution in [2.24, 2.45) is 0 Å². The predicted octanol–water partition coefficient (Wildman–Crippen LogP) is 3.85. The van der Waals surface area contributed by atoms with Gasteiger partial charge in [0.1, 0.15) is 0 Å². The molecular weight excluding hydrogens is 286 g/mol. The van der Waals surface area contributed by atoms with Crippen LogP contribution in [0.2, 0.25) is 0 Å². The van der Waals surface area contributed by atoms with E-state index in [4.69, 9.17) is 9.47 Å². The highest BCUT2D eigenvalue weighted by molar-refractivity contribution is 5.66. The van der Waals surface area contributed by atoms with Gasteiger partial charge in [-0.3, -0.25) is 4.90 Å². The molecule has 1 aromatic carbocycles. The Balaban J connectivity index is 1.31. The monoisotopic (exact) mass is 313 g/mol.